The Balaban J connectivity index is 1.33. The third-order valence-corrected chi connectivity index (χ3v) is 9.30. The number of ketones is 1. The lowest BCUT2D eigenvalue weighted by atomic mass is 9.54. The van der Waals surface area contributed by atoms with Crippen molar-refractivity contribution in [3.05, 3.63) is 11.6 Å². The van der Waals surface area contributed by atoms with Gasteiger partial charge in [-0.25, -0.2) is 0 Å². The van der Waals surface area contributed by atoms with Gasteiger partial charge in [0, 0.05) is 13.0 Å². The first-order chi connectivity index (χ1) is 12.1. The Morgan fingerprint density at radius 2 is 1.88 bits per heavy atom. The van der Waals surface area contributed by atoms with E-state index in [2.05, 4.69) is 0 Å². The molecule has 0 heterocycles. The number of carbonyl (C=O) groups excluding carboxylic acids is 1. The first-order valence-corrected chi connectivity index (χ1v) is 10.7. The average Bonchev–Trinajstić information content (AvgIpc) is 3.51. The van der Waals surface area contributed by atoms with E-state index in [0.29, 0.717) is 29.5 Å². The van der Waals surface area contributed by atoms with Crippen LogP contribution in [0.5, 0.6) is 0 Å². The summed E-state index contributed by atoms with van der Waals surface area (Å²) < 4.78 is 0. The lowest BCUT2D eigenvalue weighted by molar-refractivity contribution is -0.116. The minimum Gasteiger partial charge on any atom is -0.396 e. The number of hydrogen-bond acceptors (Lipinski definition) is 3. The van der Waals surface area contributed by atoms with Gasteiger partial charge in [0.05, 0.1) is 5.60 Å². The van der Waals surface area contributed by atoms with Crippen molar-refractivity contribution < 1.29 is 15.0 Å². The van der Waals surface area contributed by atoms with Gasteiger partial charge >= 0.3 is 0 Å². The van der Waals surface area contributed by atoms with Crippen LogP contribution in [0.15, 0.2) is 11.6 Å². The molecule has 25 heavy (non-hydrogen) atoms. The van der Waals surface area contributed by atoms with E-state index < -0.39 is 5.60 Å². The van der Waals surface area contributed by atoms with Gasteiger partial charge in [0.2, 0.25) is 0 Å². The highest BCUT2D eigenvalue weighted by atomic mass is 16.3. The van der Waals surface area contributed by atoms with Gasteiger partial charge in [-0.2, -0.15) is 0 Å². The fourth-order valence-electron chi connectivity index (χ4n) is 8.47. The van der Waals surface area contributed by atoms with Crippen LogP contribution in [0.3, 0.4) is 0 Å². The third-order valence-electron chi connectivity index (χ3n) is 9.30. The minimum atomic E-state index is -0.480. The molecule has 136 valence electrons. The van der Waals surface area contributed by atoms with E-state index in [1.807, 2.05) is 6.08 Å². The second kappa shape index (κ2) is 4.98. The van der Waals surface area contributed by atoms with E-state index >= 15 is 0 Å². The molecule has 6 aliphatic carbocycles. The van der Waals surface area contributed by atoms with Crippen molar-refractivity contribution in [3.8, 4) is 0 Å². The molecule has 10 atom stereocenters. The average molecular weight is 342 g/mol. The zero-order valence-corrected chi connectivity index (χ0v) is 14.9. The quantitative estimate of drug-likeness (QED) is 0.829. The Kier molecular flexibility index (Phi) is 3.07. The third kappa shape index (κ3) is 1.92. The van der Waals surface area contributed by atoms with Crippen LogP contribution in [0.1, 0.15) is 51.4 Å². The highest BCUT2D eigenvalue weighted by molar-refractivity contribution is 5.91. The predicted molar refractivity (Wildman–Crippen MR) is 93.5 cm³/mol. The summed E-state index contributed by atoms with van der Waals surface area (Å²) in [6.45, 7) is 0.206. The van der Waals surface area contributed by atoms with Gasteiger partial charge < -0.3 is 10.2 Å². The summed E-state index contributed by atoms with van der Waals surface area (Å²) in [5.41, 5.74) is 1.05. The van der Waals surface area contributed by atoms with Crippen LogP contribution in [0, 0.1) is 53.3 Å². The van der Waals surface area contributed by atoms with Gasteiger partial charge in [0.1, 0.15) is 0 Å². The largest absolute Gasteiger partial charge is 0.396 e. The van der Waals surface area contributed by atoms with Crippen molar-refractivity contribution in [2.75, 3.05) is 6.61 Å². The van der Waals surface area contributed by atoms with Gasteiger partial charge in [-0.15, -0.1) is 0 Å². The van der Waals surface area contributed by atoms with E-state index in [4.69, 9.17) is 0 Å². The first-order valence-electron chi connectivity index (χ1n) is 10.7. The van der Waals surface area contributed by atoms with Crippen molar-refractivity contribution in [2.24, 2.45) is 53.3 Å². The van der Waals surface area contributed by atoms with Gasteiger partial charge in [-0.05, 0) is 104 Å². The molecule has 3 nitrogen and oxygen atoms in total. The number of aliphatic hydroxyl groups excluding tert-OH is 1. The van der Waals surface area contributed by atoms with Crippen LogP contribution in [-0.4, -0.2) is 28.2 Å². The number of allylic oxidation sites excluding steroid dienone is 1. The van der Waals surface area contributed by atoms with Crippen LogP contribution >= 0.6 is 0 Å². The van der Waals surface area contributed by atoms with Crippen molar-refractivity contribution in [1.29, 1.82) is 0 Å². The molecule has 0 saturated heterocycles. The molecule has 2 N–H and O–H groups in total. The van der Waals surface area contributed by atoms with Crippen LogP contribution in [0.25, 0.3) is 0 Å². The fraction of sp³-hybridized carbons (Fsp3) is 0.864. The molecular weight excluding hydrogens is 312 g/mol. The van der Waals surface area contributed by atoms with E-state index in [-0.39, 0.29) is 6.61 Å². The molecule has 0 amide bonds. The second-order valence-corrected chi connectivity index (χ2v) is 10.1. The Morgan fingerprint density at radius 1 is 1.00 bits per heavy atom. The molecule has 6 rings (SSSR count). The van der Waals surface area contributed by atoms with E-state index in [0.717, 1.165) is 55.3 Å². The lowest BCUT2D eigenvalue weighted by Crippen LogP contribution is -2.49. The highest BCUT2D eigenvalue weighted by Crippen LogP contribution is 2.75. The minimum absolute atomic E-state index is 0.206. The second-order valence-electron chi connectivity index (χ2n) is 10.1. The molecule has 6 aliphatic rings. The molecule has 0 aromatic rings. The van der Waals surface area contributed by atoms with Crippen LogP contribution in [0.4, 0.5) is 0 Å². The maximum Gasteiger partial charge on any atom is 0.155 e. The van der Waals surface area contributed by atoms with E-state index in [1.54, 1.807) is 0 Å². The smallest absolute Gasteiger partial charge is 0.155 e. The molecule has 0 aliphatic heterocycles. The van der Waals surface area contributed by atoms with Gasteiger partial charge in [-0.1, -0.05) is 5.57 Å². The van der Waals surface area contributed by atoms with E-state index in [1.165, 1.54) is 31.3 Å². The number of aliphatic hydroxyl groups is 2. The van der Waals surface area contributed by atoms with Crippen molar-refractivity contribution in [2.45, 2.75) is 57.0 Å². The molecule has 3 heteroatoms. The van der Waals surface area contributed by atoms with Crippen LogP contribution in [0.2, 0.25) is 0 Å². The number of hydrogen-bond donors (Lipinski definition) is 2. The van der Waals surface area contributed by atoms with Crippen molar-refractivity contribution >= 4 is 5.78 Å². The molecule has 5 unspecified atom stereocenters. The van der Waals surface area contributed by atoms with Crippen molar-refractivity contribution in [1.82, 2.24) is 0 Å². The summed E-state index contributed by atoms with van der Waals surface area (Å²) >= 11 is 0. The molecule has 5 fully saturated rings. The number of rotatable bonds is 3. The van der Waals surface area contributed by atoms with Gasteiger partial charge in [-0.3, -0.25) is 4.79 Å². The monoisotopic (exact) mass is 342 g/mol. The molecule has 0 radical (unpaired) electrons. The summed E-state index contributed by atoms with van der Waals surface area (Å²) in [6.07, 6.45) is 10.4. The molecular formula is C22H30O3. The normalized spacial score (nSPS) is 57.6. The Bertz CT molecular complexity index is 654. The van der Waals surface area contributed by atoms with Crippen LogP contribution < -0.4 is 0 Å². The Morgan fingerprint density at radius 3 is 2.72 bits per heavy atom. The standard InChI is InChI=1S/C22H30O3/c23-7-1-6-22(25)18-5-4-13-12-3-2-11(24)8-14(12)15-9-16(15)20(13)21(18)17-10-19(17)22/h8,12-13,15-21,23,25H,1-7,9-10H2/t12?,13?,15-,16-,17+,18?,19-,20?,21?,22+/m0/s1. The number of carbonyl (C=O) groups is 1. The fourth-order valence-corrected chi connectivity index (χ4v) is 8.47. The van der Waals surface area contributed by atoms with Crippen LogP contribution in [-0.2, 0) is 4.79 Å². The predicted octanol–water partition coefficient (Wildman–Crippen LogP) is 2.95. The SMILES string of the molecule is O=C1C=C2C(CC1)C1CCC3C(C1[C@H]1C[C@@H]21)[C@@H]1C[C@@H]1[C@@]3(O)CCCO. The summed E-state index contributed by atoms with van der Waals surface area (Å²) in [6, 6.07) is 0. The summed E-state index contributed by atoms with van der Waals surface area (Å²) in [7, 11) is 0. The molecule has 0 bridgehead atoms. The Hall–Kier alpha value is -0.670. The van der Waals surface area contributed by atoms with Gasteiger partial charge in [0.25, 0.3) is 0 Å². The summed E-state index contributed by atoms with van der Waals surface area (Å²) in [5.74, 6) is 6.67. The number of fused-ring (bicyclic) bond motifs is 10. The molecule has 0 aromatic carbocycles. The van der Waals surface area contributed by atoms with Gasteiger partial charge in [0.15, 0.2) is 5.78 Å². The highest BCUT2D eigenvalue weighted by Gasteiger charge is 2.73. The molecule has 0 spiro atoms. The molecule has 0 aromatic heterocycles. The summed E-state index contributed by atoms with van der Waals surface area (Å²) in [4.78, 5) is 11.9. The topological polar surface area (TPSA) is 57.5 Å². The lowest BCUT2D eigenvalue weighted by Gasteiger charge is -2.52. The summed E-state index contributed by atoms with van der Waals surface area (Å²) in [5, 5.41) is 20.8. The zero-order chi connectivity index (χ0) is 16.9. The van der Waals surface area contributed by atoms with E-state index in [9.17, 15) is 15.0 Å². The molecule has 5 saturated carbocycles. The zero-order valence-electron chi connectivity index (χ0n) is 14.9. The Labute approximate surface area is 149 Å². The maximum absolute atomic E-state index is 11.9. The van der Waals surface area contributed by atoms with Crippen molar-refractivity contribution in [3.63, 3.8) is 0 Å². The first kappa shape index (κ1) is 15.4. The maximum atomic E-state index is 11.9.